The molecule has 9 nitrogen and oxygen atoms in total. The van der Waals surface area contributed by atoms with Crippen molar-refractivity contribution < 1.29 is 14.3 Å². The molecule has 0 aliphatic rings. The number of carbonyl (C=O) groups excluding carboxylic acids is 2. The maximum absolute atomic E-state index is 12.4. The third-order valence-corrected chi connectivity index (χ3v) is 4.41. The van der Waals surface area contributed by atoms with Gasteiger partial charge in [-0.2, -0.15) is 5.10 Å². The van der Waals surface area contributed by atoms with Crippen molar-refractivity contribution in [2.45, 2.75) is 26.0 Å². The molecular formula is C18H18ClN5O4. The molecule has 2 aromatic heterocycles. The highest BCUT2D eigenvalue weighted by molar-refractivity contribution is 6.33. The van der Waals surface area contributed by atoms with Crippen molar-refractivity contribution in [2.24, 2.45) is 7.05 Å². The number of rotatable bonds is 6. The molecule has 146 valence electrons. The highest BCUT2D eigenvalue weighted by atomic mass is 35.5. The molecular weight excluding hydrogens is 386 g/mol. The Hall–Kier alpha value is -3.20. The molecule has 0 saturated carbocycles. The van der Waals surface area contributed by atoms with Crippen LogP contribution >= 0.6 is 11.6 Å². The molecule has 0 radical (unpaired) electrons. The number of halogens is 1. The number of benzene rings is 1. The Balaban J connectivity index is 1.57. The number of fused-ring (bicyclic) bond motifs is 1. The van der Waals surface area contributed by atoms with E-state index in [0.29, 0.717) is 21.7 Å². The number of para-hydroxylation sites is 1. The van der Waals surface area contributed by atoms with Crippen LogP contribution in [-0.4, -0.2) is 37.3 Å². The molecule has 0 fully saturated rings. The number of nitrogens with one attached hydrogen (secondary N) is 1. The van der Waals surface area contributed by atoms with Gasteiger partial charge >= 0.3 is 5.97 Å². The second kappa shape index (κ2) is 8.22. The first-order chi connectivity index (χ1) is 13.4. The fourth-order valence-corrected chi connectivity index (χ4v) is 2.73. The van der Waals surface area contributed by atoms with Gasteiger partial charge < -0.3 is 10.1 Å². The van der Waals surface area contributed by atoms with Gasteiger partial charge in [0.2, 0.25) is 0 Å². The number of esters is 1. The maximum atomic E-state index is 12.4. The van der Waals surface area contributed by atoms with Crippen molar-refractivity contribution in [2.75, 3.05) is 5.32 Å². The summed E-state index contributed by atoms with van der Waals surface area (Å²) in [5, 5.41) is 7.33. The van der Waals surface area contributed by atoms with E-state index in [1.807, 2.05) is 0 Å². The molecule has 0 aliphatic heterocycles. The van der Waals surface area contributed by atoms with Crippen molar-refractivity contribution in [3.05, 3.63) is 52.2 Å². The molecule has 10 heteroatoms. The number of amides is 1. The molecule has 0 saturated heterocycles. The summed E-state index contributed by atoms with van der Waals surface area (Å²) in [6.07, 6.45) is 1.68. The first kappa shape index (κ1) is 19.6. The van der Waals surface area contributed by atoms with Gasteiger partial charge in [0, 0.05) is 13.6 Å². The van der Waals surface area contributed by atoms with Crippen molar-refractivity contribution >= 4 is 40.2 Å². The molecule has 1 amide bonds. The lowest BCUT2D eigenvalue weighted by molar-refractivity contribution is -0.153. The zero-order valence-electron chi connectivity index (χ0n) is 15.3. The molecule has 1 aromatic carbocycles. The van der Waals surface area contributed by atoms with E-state index < -0.39 is 18.0 Å². The van der Waals surface area contributed by atoms with Crippen LogP contribution < -0.4 is 10.9 Å². The second-order valence-corrected chi connectivity index (χ2v) is 6.51. The van der Waals surface area contributed by atoms with Crippen molar-refractivity contribution in [1.29, 1.82) is 0 Å². The zero-order chi connectivity index (χ0) is 20.3. The molecule has 1 unspecified atom stereocenters. The van der Waals surface area contributed by atoms with Gasteiger partial charge in [0.15, 0.2) is 11.8 Å². The van der Waals surface area contributed by atoms with Gasteiger partial charge in [-0.3, -0.25) is 23.6 Å². The Kier molecular flexibility index (Phi) is 5.74. The average molecular weight is 404 g/mol. The lowest BCUT2D eigenvalue weighted by Gasteiger charge is -2.14. The van der Waals surface area contributed by atoms with Gasteiger partial charge in [-0.05, 0) is 19.1 Å². The fourth-order valence-electron chi connectivity index (χ4n) is 2.54. The van der Waals surface area contributed by atoms with E-state index in [1.165, 1.54) is 28.7 Å². The predicted octanol–water partition coefficient (Wildman–Crippen LogP) is 1.74. The Morgan fingerprint density at radius 1 is 1.32 bits per heavy atom. The SMILES string of the molecule is CC(OC(=O)CCn1cnc2c(cnn2C)c1=O)C(=O)Nc1ccccc1Cl. The van der Waals surface area contributed by atoms with Gasteiger partial charge in [-0.25, -0.2) is 4.98 Å². The number of hydrogen-bond acceptors (Lipinski definition) is 6. The van der Waals surface area contributed by atoms with Crippen LogP contribution in [0.5, 0.6) is 0 Å². The monoisotopic (exact) mass is 403 g/mol. The molecule has 0 bridgehead atoms. The van der Waals surface area contributed by atoms with E-state index in [4.69, 9.17) is 16.3 Å². The molecule has 3 aromatic rings. The number of anilines is 1. The average Bonchev–Trinajstić information content (AvgIpc) is 3.04. The Bertz CT molecular complexity index is 1090. The van der Waals surface area contributed by atoms with Crippen molar-refractivity contribution in [3.63, 3.8) is 0 Å². The van der Waals surface area contributed by atoms with E-state index in [1.54, 1.807) is 31.3 Å². The first-order valence-corrected chi connectivity index (χ1v) is 8.86. The molecule has 3 rings (SSSR count). The number of hydrogen-bond donors (Lipinski definition) is 1. The topological polar surface area (TPSA) is 108 Å². The lowest BCUT2D eigenvalue weighted by Crippen LogP contribution is -2.31. The van der Waals surface area contributed by atoms with E-state index in [-0.39, 0.29) is 18.5 Å². The Labute approximate surface area is 164 Å². The number of nitrogens with zero attached hydrogens (tertiary/aromatic N) is 4. The van der Waals surface area contributed by atoms with Crippen LogP contribution in [0.2, 0.25) is 5.02 Å². The minimum absolute atomic E-state index is 0.0777. The fraction of sp³-hybridized carbons (Fsp3) is 0.278. The minimum atomic E-state index is -1.01. The molecule has 0 aliphatic carbocycles. The quantitative estimate of drug-likeness (QED) is 0.628. The number of ether oxygens (including phenoxy) is 1. The van der Waals surface area contributed by atoms with Crippen LogP contribution in [0, 0.1) is 0 Å². The third kappa shape index (κ3) is 4.20. The van der Waals surface area contributed by atoms with E-state index >= 15 is 0 Å². The molecule has 28 heavy (non-hydrogen) atoms. The van der Waals surface area contributed by atoms with Gasteiger partial charge in [0.25, 0.3) is 11.5 Å². The molecule has 0 spiro atoms. The summed E-state index contributed by atoms with van der Waals surface area (Å²) in [5.74, 6) is -1.11. The van der Waals surface area contributed by atoms with Crippen LogP contribution in [-0.2, 0) is 27.9 Å². The molecule has 2 heterocycles. The minimum Gasteiger partial charge on any atom is -0.452 e. The van der Waals surface area contributed by atoms with Crippen LogP contribution in [0.4, 0.5) is 5.69 Å². The van der Waals surface area contributed by atoms with Gasteiger partial charge in [-0.15, -0.1) is 0 Å². The summed E-state index contributed by atoms with van der Waals surface area (Å²) in [6, 6.07) is 6.74. The summed E-state index contributed by atoms with van der Waals surface area (Å²) in [5.41, 5.74) is 0.601. The highest BCUT2D eigenvalue weighted by Crippen LogP contribution is 2.20. The van der Waals surface area contributed by atoms with Crippen molar-refractivity contribution in [3.8, 4) is 0 Å². The van der Waals surface area contributed by atoms with Crippen molar-refractivity contribution in [1.82, 2.24) is 19.3 Å². The first-order valence-electron chi connectivity index (χ1n) is 8.49. The van der Waals surface area contributed by atoms with E-state index in [9.17, 15) is 14.4 Å². The van der Waals surface area contributed by atoms with Gasteiger partial charge in [0.1, 0.15) is 5.39 Å². The van der Waals surface area contributed by atoms with Crippen LogP contribution in [0.3, 0.4) is 0 Å². The van der Waals surface area contributed by atoms with Crippen LogP contribution in [0.1, 0.15) is 13.3 Å². The van der Waals surface area contributed by atoms with E-state index in [0.717, 1.165) is 0 Å². The highest BCUT2D eigenvalue weighted by Gasteiger charge is 2.19. The zero-order valence-corrected chi connectivity index (χ0v) is 16.0. The normalized spacial score (nSPS) is 12.0. The summed E-state index contributed by atoms with van der Waals surface area (Å²) in [6.45, 7) is 1.54. The summed E-state index contributed by atoms with van der Waals surface area (Å²) in [7, 11) is 1.69. The summed E-state index contributed by atoms with van der Waals surface area (Å²) in [4.78, 5) is 40.7. The van der Waals surface area contributed by atoms with Gasteiger partial charge in [0.05, 0.1) is 29.7 Å². The third-order valence-electron chi connectivity index (χ3n) is 4.08. The Morgan fingerprint density at radius 2 is 2.07 bits per heavy atom. The lowest BCUT2D eigenvalue weighted by atomic mass is 10.3. The number of aromatic nitrogens is 4. The second-order valence-electron chi connectivity index (χ2n) is 6.10. The molecule has 1 atom stereocenters. The van der Waals surface area contributed by atoms with Crippen LogP contribution in [0.15, 0.2) is 41.6 Å². The summed E-state index contributed by atoms with van der Waals surface area (Å²) < 4.78 is 7.93. The molecule has 1 N–H and O–H groups in total. The van der Waals surface area contributed by atoms with Crippen LogP contribution in [0.25, 0.3) is 11.0 Å². The summed E-state index contributed by atoms with van der Waals surface area (Å²) >= 11 is 5.99. The predicted molar refractivity (Wildman–Crippen MR) is 103 cm³/mol. The number of aryl methyl sites for hydroxylation is 2. The largest absolute Gasteiger partial charge is 0.452 e. The standard InChI is InChI=1S/C18H18ClN5O4/c1-11(17(26)22-14-6-4-3-5-13(14)19)28-15(25)7-8-24-10-20-16-12(18(24)27)9-21-23(16)2/h3-6,9-11H,7-8H2,1-2H3,(H,22,26). The maximum Gasteiger partial charge on any atom is 0.308 e. The smallest absolute Gasteiger partial charge is 0.308 e. The van der Waals surface area contributed by atoms with Gasteiger partial charge in [-0.1, -0.05) is 23.7 Å². The van der Waals surface area contributed by atoms with E-state index in [2.05, 4.69) is 15.4 Å². The number of carbonyl (C=O) groups is 2. The Morgan fingerprint density at radius 3 is 2.82 bits per heavy atom.